The van der Waals surface area contributed by atoms with E-state index >= 15 is 0 Å². The Morgan fingerprint density at radius 1 is 1.16 bits per heavy atom. The Kier molecular flexibility index (Phi) is 7.00. The molecule has 1 saturated heterocycles. The summed E-state index contributed by atoms with van der Waals surface area (Å²) in [6.07, 6.45) is 0.613. The van der Waals surface area contributed by atoms with Crippen molar-refractivity contribution in [3.63, 3.8) is 0 Å². The fraction of sp³-hybridized carbons (Fsp3) is 0.304. The van der Waals surface area contributed by atoms with Crippen molar-refractivity contribution in [2.24, 2.45) is 0 Å². The number of amides is 4. The van der Waals surface area contributed by atoms with Crippen LogP contribution in [0.5, 0.6) is 0 Å². The smallest absolute Gasteiger partial charge is 0.325 e. The molecule has 2 aromatic carbocycles. The highest BCUT2D eigenvalue weighted by Gasteiger charge is 2.49. The van der Waals surface area contributed by atoms with Crippen molar-refractivity contribution in [2.45, 2.75) is 25.5 Å². The van der Waals surface area contributed by atoms with Crippen molar-refractivity contribution in [1.29, 1.82) is 5.26 Å². The molecule has 8 nitrogen and oxygen atoms in total. The predicted molar refractivity (Wildman–Crippen MR) is 112 cm³/mol. The molecule has 8 heteroatoms. The van der Waals surface area contributed by atoms with Gasteiger partial charge in [-0.1, -0.05) is 42.5 Å². The second-order valence-corrected chi connectivity index (χ2v) is 7.38. The number of nitriles is 1. The second kappa shape index (κ2) is 9.87. The molecule has 0 saturated carbocycles. The first kappa shape index (κ1) is 22.0. The van der Waals surface area contributed by atoms with Crippen molar-refractivity contribution in [3.05, 3.63) is 71.3 Å². The van der Waals surface area contributed by atoms with Crippen molar-refractivity contribution in [2.75, 3.05) is 19.7 Å². The number of benzene rings is 2. The molecular weight excluding hydrogens is 396 g/mol. The van der Waals surface area contributed by atoms with Gasteiger partial charge in [-0.3, -0.25) is 14.5 Å². The van der Waals surface area contributed by atoms with E-state index in [-0.39, 0.29) is 6.54 Å². The number of carbonyl (C=O) groups is 3. The first-order valence-corrected chi connectivity index (χ1v) is 9.97. The predicted octanol–water partition coefficient (Wildman–Crippen LogP) is 2.05. The van der Waals surface area contributed by atoms with Gasteiger partial charge in [0.05, 0.1) is 18.2 Å². The Labute approximate surface area is 180 Å². The van der Waals surface area contributed by atoms with E-state index in [0.29, 0.717) is 37.3 Å². The Morgan fingerprint density at radius 3 is 2.55 bits per heavy atom. The molecule has 2 aromatic rings. The van der Waals surface area contributed by atoms with Crippen LogP contribution < -0.4 is 10.6 Å². The molecule has 1 atom stereocenters. The molecular formula is C23H24N4O4. The summed E-state index contributed by atoms with van der Waals surface area (Å²) >= 11 is 0. The molecule has 0 radical (unpaired) electrons. The van der Waals surface area contributed by atoms with Crippen LogP contribution in [0, 0.1) is 11.3 Å². The summed E-state index contributed by atoms with van der Waals surface area (Å²) in [6, 6.07) is 17.6. The molecule has 0 spiro atoms. The lowest BCUT2D eigenvalue weighted by Gasteiger charge is -2.22. The molecule has 2 N–H and O–H groups in total. The maximum absolute atomic E-state index is 12.9. The minimum absolute atomic E-state index is 0.360. The Bertz CT molecular complexity index is 985. The molecule has 1 heterocycles. The summed E-state index contributed by atoms with van der Waals surface area (Å²) in [4.78, 5) is 38.3. The lowest BCUT2D eigenvalue weighted by atomic mass is 9.91. The number of ether oxygens (including phenoxy) is 1. The summed E-state index contributed by atoms with van der Waals surface area (Å²) in [5.41, 5.74) is 0.795. The van der Waals surface area contributed by atoms with Crippen LogP contribution in [0.15, 0.2) is 54.6 Å². The highest BCUT2D eigenvalue weighted by atomic mass is 16.5. The Morgan fingerprint density at radius 2 is 1.87 bits per heavy atom. The molecule has 0 bridgehead atoms. The molecule has 4 amide bonds. The third-order valence-electron chi connectivity index (χ3n) is 5.07. The topological polar surface area (TPSA) is 112 Å². The third-order valence-corrected chi connectivity index (χ3v) is 5.07. The van der Waals surface area contributed by atoms with E-state index in [1.165, 1.54) is 0 Å². The van der Waals surface area contributed by atoms with Crippen LogP contribution in [0.2, 0.25) is 0 Å². The van der Waals surface area contributed by atoms with Gasteiger partial charge in [-0.15, -0.1) is 0 Å². The molecule has 1 aliphatic heterocycles. The number of nitrogens with one attached hydrogen (secondary N) is 2. The summed E-state index contributed by atoms with van der Waals surface area (Å²) in [5, 5.41) is 14.3. The summed E-state index contributed by atoms with van der Waals surface area (Å²) < 4.78 is 5.56. The van der Waals surface area contributed by atoms with Gasteiger partial charge in [-0.2, -0.15) is 5.26 Å². The summed E-state index contributed by atoms with van der Waals surface area (Å²) in [7, 11) is 0. The van der Waals surface area contributed by atoms with Crippen molar-refractivity contribution in [1.82, 2.24) is 15.5 Å². The minimum atomic E-state index is -1.28. The quantitative estimate of drug-likeness (QED) is 0.476. The van der Waals surface area contributed by atoms with Crippen molar-refractivity contribution < 1.29 is 19.1 Å². The number of hydrogen-bond acceptors (Lipinski definition) is 5. The third kappa shape index (κ3) is 5.27. The highest BCUT2D eigenvalue weighted by Crippen LogP contribution is 2.28. The van der Waals surface area contributed by atoms with Gasteiger partial charge in [0.15, 0.2) is 0 Å². The van der Waals surface area contributed by atoms with Gasteiger partial charge in [0.1, 0.15) is 12.1 Å². The van der Waals surface area contributed by atoms with Crippen LogP contribution in [0.25, 0.3) is 0 Å². The van der Waals surface area contributed by atoms with Crippen LogP contribution in [-0.2, 0) is 26.5 Å². The van der Waals surface area contributed by atoms with Gasteiger partial charge in [0.2, 0.25) is 5.91 Å². The average Bonchev–Trinajstić information content (AvgIpc) is 3.00. The number of hydrogen-bond donors (Lipinski definition) is 2. The van der Waals surface area contributed by atoms with E-state index < -0.39 is 23.4 Å². The zero-order valence-electron chi connectivity index (χ0n) is 17.3. The van der Waals surface area contributed by atoms with E-state index in [4.69, 9.17) is 10.00 Å². The van der Waals surface area contributed by atoms with Gasteiger partial charge in [0, 0.05) is 13.2 Å². The van der Waals surface area contributed by atoms with Crippen LogP contribution in [0.4, 0.5) is 4.79 Å². The van der Waals surface area contributed by atoms with Gasteiger partial charge >= 0.3 is 6.03 Å². The Hall–Kier alpha value is -3.70. The molecule has 1 fully saturated rings. The van der Waals surface area contributed by atoms with Crippen LogP contribution in [0.1, 0.15) is 30.0 Å². The number of nitrogens with zero attached hydrogens (tertiary/aromatic N) is 2. The van der Waals surface area contributed by atoms with Crippen LogP contribution in [0.3, 0.4) is 0 Å². The maximum atomic E-state index is 12.9. The van der Waals surface area contributed by atoms with E-state index in [1.54, 1.807) is 31.2 Å². The lowest BCUT2D eigenvalue weighted by molar-refractivity contribution is -0.134. The van der Waals surface area contributed by atoms with Crippen LogP contribution >= 0.6 is 0 Å². The molecule has 0 aromatic heterocycles. The number of carbonyl (C=O) groups excluding carboxylic acids is 3. The fourth-order valence-corrected chi connectivity index (χ4v) is 3.28. The minimum Gasteiger partial charge on any atom is -0.377 e. The molecule has 0 aliphatic carbocycles. The van der Waals surface area contributed by atoms with Gasteiger partial charge < -0.3 is 15.4 Å². The first-order chi connectivity index (χ1) is 14.9. The van der Waals surface area contributed by atoms with E-state index in [2.05, 4.69) is 10.6 Å². The SMILES string of the molecule is CC1(c2ccc(C#N)cc2)NC(=O)N(CC(=O)NCCCOCc2ccccc2)C1=O. The highest BCUT2D eigenvalue weighted by molar-refractivity contribution is 6.09. The normalized spacial score (nSPS) is 17.9. The van der Waals surface area contributed by atoms with Crippen LogP contribution in [-0.4, -0.2) is 42.4 Å². The zero-order chi connectivity index (χ0) is 22.3. The molecule has 1 unspecified atom stereocenters. The molecule has 3 rings (SSSR count). The summed E-state index contributed by atoms with van der Waals surface area (Å²) in [5.74, 6) is -0.931. The van der Waals surface area contributed by atoms with Crippen molar-refractivity contribution in [3.8, 4) is 6.07 Å². The van der Waals surface area contributed by atoms with E-state index in [1.807, 2.05) is 36.4 Å². The zero-order valence-corrected chi connectivity index (χ0v) is 17.3. The summed E-state index contributed by atoms with van der Waals surface area (Å²) in [6.45, 7) is 2.59. The monoisotopic (exact) mass is 420 g/mol. The molecule has 160 valence electrons. The molecule has 1 aliphatic rings. The first-order valence-electron chi connectivity index (χ1n) is 9.97. The number of rotatable bonds is 9. The lowest BCUT2D eigenvalue weighted by Crippen LogP contribution is -2.43. The van der Waals surface area contributed by atoms with E-state index in [9.17, 15) is 14.4 Å². The largest absolute Gasteiger partial charge is 0.377 e. The molecule has 31 heavy (non-hydrogen) atoms. The van der Waals surface area contributed by atoms with Gasteiger partial charge in [-0.05, 0) is 36.6 Å². The number of urea groups is 1. The second-order valence-electron chi connectivity index (χ2n) is 7.38. The van der Waals surface area contributed by atoms with Crippen molar-refractivity contribution >= 4 is 17.8 Å². The van der Waals surface area contributed by atoms with E-state index in [0.717, 1.165) is 10.5 Å². The standard InChI is InChI=1S/C23H24N4O4/c1-23(19-10-8-17(14-24)9-11-19)21(29)27(22(30)26-23)15-20(28)25-12-5-13-31-16-18-6-3-2-4-7-18/h2-4,6-11H,5,12-13,15-16H2,1H3,(H,25,28)(H,26,30). The van der Waals surface area contributed by atoms with Gasteiger partial charge in [-0.25, -0.2) is 4.79 Å². The van der Waals surface area contributed by atoms with Gasteiger partial charge in [0.25, 0.3) is 5.91 Å². The Balaban J connectivity index is 1.44. The maximum Gasteiger partial charge on any atom is 0.325 e. The average molecular weight is 420 g/mol. The fourth-order valence-electron chi connectivity index (χ4n) is 3.28. The number of imide groups is 1.